The van der Waals surface area contributed by atoms with E-state index in [0.29, 0.717) is 6.08 Å². The average molecular weight is 230 g/mol. The molecule has 0 saturated carbocycles. The van der Waals surface area contributed by atoms with Gasteiger partial charge >= 0.3 is 17.9 Å². The van der Waals surface area contributed by atoms with E-state index in [1.807, 2.05) is 0 Å². The summed E-state index contributed by atoms with van der Waals surface area (Å²) in [5, 5.41) is 26.7. The van der Waals surface area contributed by atoms with Gasteiger partial charge in [-0.3, -0.25) is 9.59 Å². The fourth-order valence-corrected chi connectivity index (χ4v) is 1.38. The molecule has 7 heteroatoms. The number of carbonyl (C=O) groups excluding carboxylic acids is 1. The summed E-state index contributed by atoms with van der Waals surface area (Å²) >= 11 is 0. The van der Waals surface area contributed by atoms with Crippen molar-refractivity contribution in [1.82, 2.24) is 0 Å². The number of aliphatic carboxylic acids is 2. The number of carbonyl (C=O) groups is 3. The summed E-state index contributed by atoms with van der Waals surface area (Å²) in [5.74, 6) is -5.39. The average Bonchev–Trinajstić information content (AvgIpc) is 2.38. The molecule has 1 atom stereocenters. The summed E-state index contributed by atoms with van der Waals surface area (Å²) in [6.07, 6.45) is -0.483. The Hall–Kier alpha value is -1.89. The van der Waals surface area contributed by atoms with Crippen molar-refractivity contribution in [2.75, 3.05) is 0 Å². The summed E-state index contributed by atoms with van der Waals surface area (Å²) < 4.78 is 4.53. The third-order valence-corrected chi connectivity index (χ3v) is 2.09. The lowest BCUT2D eigenvalue weighted by Crippen LogP contribution is -2.31. The van der Waals surface area contributed by atoms with Crippen LogP contribution in [0.5, 0.6) is 0 Å². The topological polar surface area (TPSA) is 121 Å². The second kappa shape index (κ2) is 4.31. The van der Waals surface area contributed by atoms with Gasteiger partial charge in [0.2, 0.25) is 5.79 Å². The molecule has 0 spiro atoms. The largest absolute Gasteiger partial charge is 0.481 e. The second-order valence-electron chi connectivity index (χ2n) is 3.34. The maximum atomic E-state index is 10.9. The van der Waals surface area contributed by atoms with Crippen LogP contribution in [-0.2, 0) is 19.1 Å². The van der Waals surface area contributed by atoms with Crippen LogP contribution in [-0.4, -0.2) is 39.0 Å². The lowest BCUT2D eigenvalue weighted by Gasteiger charge is -2.21. The molecule has 1 saturated heterocycles. The van der Waals surface area contributed by atoms with Gasteiger partial charge in [-0.25, -0.2) is 4.79 Å². The lowest BCUT2D eigenvalue weighted by atomic mass is 10.0. The van der Waals surface area contributed by atoms with Gasteiger partial charge in [0.15, 0.2) is 0 Å². The molecule has 7 nitrogen and oxygen atoms in total. The first-order valence-electron chi connectivity index (χ1n) is 4.43. The molecule has 1 aliphatic heterocycles. The molecule has 88 valence electrons. The number of cyclic esters (lactones) is 1. The van der Waals surface area contributed by atoms with Gasteiger partial charge in [-0.1, -0.05) is 0 Å². The Kier molecular flexibility index (Phi) is 3.28. The van der Waals surface area contributed by atoms with Gasteiger partial charge in [0.25, 0.3) is 0 Å². The Bertz CT molecular complexity index is 370. The van der Waals surface area contributed by atoms with Crippen LogP contribution in [0, 0.1) is 0 Å². The number of hydrogen-bond donors (Lipinski definition) is 3. The molecule has 1 fully saturated rings. The van der Waals surface area contributed by atoms with E-state index in [1.54, 1.807) is 0 Å². The highest BCUT2D eigenvalue weighted by Gasteiger charge is 2.43. The van der Waals surface area contributed by atoms with Crippen LogP contribution < -0.4 is 0 Å². The summed E-state index contributed by atoms with van der Waals surface area (Å²) in [4.78, 5) is 31.7. The van der Waals surface area contributed by atoms with Crippen molar-refractivity contribution in [3.05, 3.63) is 11.6 Å². The predicted molar refractivity (Wildman–Crippen MR) is 48.2 cm³/mol. The van der Waals surface area contributed by atoms with Gasteiger partial charge in [0, 0.05) is 18.1 Å². The number of rotatable bonds is 4. The van der Waals surface area contributed by atoms with Crippen molar-refractivity contribution in [2.45, 2.75) is 25.0 Å². The lowest BCUT2D eigenvalue weighted by molar-refractivity contribution is -0.182. The van der Waals surface area contributed by atoms with Crippen molar-refractivity contribution in [1.29, 1.82) is 0 Å². The SMILES string of the molecule is O=C(O)/C=C1\CC(=O)O[C@@]1(O)CCC(=O)O. The van der Waals surface area contributed by atoms with E-state index in [2.05, 4.69) is 4.74 Å². The number of carboxylic acids is 2. The van der Waals surface area contributed by atoms with E-state index in [0.717, 1.165) is 0 Å². The van der Waals surface area contributed by atoms with Crippen LogP contribution in [0.4, 0.5) is 0 Å². The zero-order valence-corrected chi connectivity index (χ0v) is 8.17. The molecule has 0 aromatic carbocycles. The van der Waals surface area contributed by atoms with E-state index in [-0.39, 0.29) is 18.4 Å². The Morgan fingerprint density at radius 1 is 1.44 bits per heavy atom. The van der Waals surface area contributed by atoms with Crippen molar-refractivity contribution in [2.24, 2.45) is 0 Å². The highest BCUT2D eigenvalue weighted by molar-refractivity contribution is 5.85. The standard InChI is InChI=1S/C9H10O7/c10-6(11)1-2-9(15)5(3-7(12)13)4-8(14)16-9/h3,15H,1-2,4H2,(H,10,11)(H,12,13)/b5-3+/t9-/m0/s1. The third kappa shape index (κ3) is 2.80. The normalized spacial score (nSPS) is 26.8. The minimum absolute atomic E-state index is 0.133. The molecule has 1 aliphatic rings. The van der Waals surface area contributed by atoms with Gasteiger partial charge in [-0.15, -0.1) is 0 Å². The van der Waals surface area contributed by atoms with E-state index in [9.17, 15) is 19.5 Å². The van der Waals surface area contributed by atoms with Crippen LogP contribution in [0.15, 0.2) is 11.6 Å². The summed E-state index contributed by atoms with van der Waals surface area (Å²) in [5.41, 5.74) is -0.133. The van der Waals surface area contributed by atoms with Crippen LogP contribution in [0.25, 0.3) is 0 Å². The first-order chi connectivity index (χ1) is 7.33. The molecule has 0 aromatic rings. The molecule has 0 bridgehead atoms. The van der Waals surface area contributed by atoms with Crippen LogP contribution in [0.2, 0.25) is 0 Å². The maximum absolute atomic E-state index is 10.9. The van der Waals surface area contributed by atoms with Gasteiger partial charge in [0.05, 0.1) is 12.8 Å². The molecule has 0 aromatic heterocycles. The quantitative estimate of drug-likeness (QED) is 0.439. The molecule has 0 radical (unpaired) electrons. The molecule has 0 unspecified atom stereocenters. The molecule has 3 N–H and O–H groups in total. The van der Waals surface area contributed by atoms with Crippen molar-refractivity contribution in [3.8, 4) is 0 Å². The Morgan fingerprint density at radius 3 is 2.56 bits per heavy atom. The fourth-order valence-electron chi connectivity index (χ4n) is 1.38. The minimum atomic E-state index is -2.10. The number of carboxylic acid groups (broad SMARTS) is 2. The van der Waals surface area contributed by atoms with Crippen molar-refractivity contribution in [3.63, 3.8) is 0 Å². The van der Waals surface area contributed by atoms with Gasteiger partial charge in [0.1, 0.15) is 0 Å². The maximum Gasteiger partial charge on any atom is 0.328 e. The first-order valence-corrected chi connectivity index (χ1v) is 4.43. The first kappa shape index (κ1) is 12.2. The van der Waals surface area contributed by atoms with E-state index in [1.165, 1.54) is 0 Å². The zero-order chi connectivity index (χ0) is 12.3. The van der Waals surface area contributed by atoms with Crippen molar-refractivity contribution >= 4 is 17.9 Å². The Labute approximate surface area is 89.9 Å². The smallest absolute Gasteiger partial charge is 0.328 e. The van der Waals surface area contributed by atoms with Crippen molar-refractivity contribution < 1.29 is 34.4 Å². The highest BCUT2D eigenvalue weighted by Crippen LogP contribution is 2.33. The number of ether oxygens (including phenoxy) is 1. The van der Waals surface area contributed by atoms with Gasteiger partial charge in [-0.05, 0) is 0 Å². The van der Waals surface area contributed by atoms with E-state index >= 15 is 0 Å². The number of aliphatic hydroxyl groups is 1. The van der Waals surface area contributed by atoms with E-state index < -0.39 is 30.1 Å². The summed E-state index contributed by atoms with van der Waals surface area (Å²) in [7, 11) is 0. The van der Waals surface area contributed by atoms with Crippen LogP contribution >= 0.6 is 0 Å². The molecule has 1 heterocycles. The van der Waals surface area contributed by atoms with Crippen LogP contribution in [0.3, 0.4) is 0 Å². The Balaban J connectivity index is 2.86. The molecular weight excluding hydrogens is 220 g/mol. The Morgan fingerprint density at radius 2 is 2.06 bits per heavy atom. The van der Waals surface area contributed by atoms with Gasteiger partial charge in [-0.2, -0.15) is 0 Å². The third-order valence-electron chi connectivity index (χ3n) is 2.09. The summed E-state index contributed by atoms with van der Waals surface area (Å²) in [6, 6.07) is 0. The molecule has 0 amide bonds. The highest BCUT2D eigenvalue weighted by atomic mass is 16.7. The summed E-state index contributed by atoms with van der Waals surface area (Å²) in [6.45, 7) is 0. The predicted octanol–water partition coefficient (Wildman–Crippen LogP) is -0.502. The van der Waals surface area contributed by atoms with Crippen LogP contribution in [0.1, 0.15) is 19.3 Å². The minimum Gasteiger partial charge on any atom is -0.481 e. The second-order valence-corrected chi connectivity index (χ2v) is 3.34. The van der Waals surface area contributed by atoms with E-state index in [4.69, 9.17) is 10.2 Å². The number of esters is 1. The monoisotopic (exact) mass is 230 g/mol. The molecule has 16 heavy (non-hydrogen) atoms. The molecule has 1 rings (SSSR count). The number of hydrogen-bond acceptors (Lipinski definition) is 5. The zero-order valence-electron chi connectivity index (χ0n) is 8.17. The molecule has 0 aliphatic carbocycles. The fraction of sp³-hybridized carbons (Fsp3) is 0.444. The van der Waals surface area contributed by atoms with Gasteiger partial charge < -0.3 is 20.1 Å². The molecular formula is C9H10O7.